The molecule has 0 saturated carbocycles. The van der Waals surface area contributed by atoms with Crippen LogP contribution in [0.3, 0.4) is 0 Å². The van der Waals surface area contributed by atoms with Gasteiger partial charge in [-0.1, -0.05) is 47.7 Å². The van der Waals surface area contributed by atoms with Crippen molar-refractivity contribution >= 4 is 21.9 Å². The second-order valence-corrected chi connectivity index (χ2v) is 11.7. The van der Waals surface area contributed by atoms with Crippen molar-refractivity contribution in [2.24, 2.45) is 0 Å². The van der Waals surface area contributed by atoms with Crippen molar-refractivity contribution in [3.8, 4) is 0 Å². The molecule has 9 nitrogen and oxygen atoms in total. The minimum atomic E-state index is -4.22. The Labute approximate surface area is 216 Å². The maximum atomic E-state index is 13.4. The second-order valence-electron chi connectivity index (χ2n) is 8.95. The average molecular weight is 541 g/mol. The SMILES string of the molecule is COC1(C)O[C@@H]2[C@H](OS(=O)(=O)c3ccc(C)cc3)[C@@H](Sc3ccccc3)O[C@H](CO)[C@H]2OC1(C)OC. The molecule has 11 heteroatoms. The Morgan fingerprint density at radius 3 is 2.08 bits per heavy atom. The molecule has 0 radical (unpaired) electrons. The summed E-state index contributed by atoms with van der Waals surface area (Å²) in [6, 6.07) is 15.7. The van der Waals surface area contributed by atoms with Crippen molar-refractivity contribution in [3.63, 3.8) is 0 Å². The summed E-state index contributed by atoms with van der Waals surface area (Å²) < 4.78 is 62.6. The number of hydrogen-bond acceptors (Lipinski definition) is 10. The predicted molar refractivity (Wildman–Crippen MR) is 132 cm³/mol. The Morgan fingerprint density at radius 1 is 0.944 bits per heavy atom. The summed E-state index contributed by atoms with van der Waals surface area (Å²) in [6.45, 7) is 4.76. The van der Waals surface area contributed by atoms with E-state index in [9.17, 15) is 13.5 Å². The van der Waals surface area contributed by atoms with Gasteiger partial charge in [0, 0.05) is 19.1 Å². The van der Waals surface area contributed by atoms with Gasteiger partial charge in [-0.25, -0.2) is 0 Å². The largest absolute Gasteiger partial charge is 0.394 e. The van der Waals surface area contributed by atoms with Crippen molar-refractivity contribution in [3.05, 3.63) is 60.2 Å². The molecule has 4 rings (SSSR count). The van der Waals surface area contributed by atoms with E-state index in [1.165, 1.54) is 38.1 Å². The van der Waals surface area contributed by atoms with E-state index in [1.54, 1.807) is 26.0 Å². The third-order valence-electron chi connectivity index (χ3n) is 6.64. The van der Waals surface area contributed by atoms with Crippen LogP contribution in [-0.2, 0) is 38.0 Å². The molecule has 1 N–H and O–H groups in total. The maximum absolute atomic E-state index is 13.4. The van der Waals surface area contributed by atoms with Gasteiger partial charge < -0.3 is 28.8 Å². The summed E-state index contributed by atoms with van der Waals surface area (Å²) in [5, 5.41) is 10.2. The second kappa shape index (κ2) is 10.7. The standard InChI is InChI=1S/C25H32O9S2/c1-16-11-13-18(14-12-16)36(27,28)34-22-21-20(32-24(2,29-4)25(3,30-5)33-21)19(15-26)31-23(22)35-17-9-7-6-8-10-17/h6-14,19-23,26H,15H2,1-5H3/t19-,20-,21+,22+,23-,24?,25?/m1/s1. The average Bonchev–Trinajstić information content (AvgIpc) is 2.87. The number of ether oxygens (including phenoxy) is 5. The van der Waals surface area contributed by atoms with E-state index in [4.69, 9.17) is 27.9 Å². The molecule has 0 amide bonds. The first-order valence-electron chi connectivity index (χ1n) is 11.5. The number of methoxy groups -OCH3 is 2. The number of fused-ring (bicyclic) bond motifs is 1. The molecule has 7 atom stereocenters. The fourth-order valence-electron chi connectivity index (χ4n) is 4.24. The van der Waals surface area contributed by atoms with E-state index in [0.717, 1.165) is 10.5 Å². The van der Waals surface area contributed by atoms with Crippen LogP contribution in [0.25, 0.3) is 0 Å². The van der Waals surface area contributed by atoms with Crippen molar-refractivity contribution in [1.29, 1.82) is 0 Å². The van der Waals surface area contributed by atoms with Crippen molar-refractivity contribution in [2.75, 3.05) is 20.8 Å². The van der Waals surface area contributed by atoms with Gasteiger partial charge in [0.1, 0.15) is 29.9 Å². The molecular weight excluding hydrogens is 508 g/mol. The van der Waals surface area contributed by atoms with Gasteiger partial charge in [-0.15, -0.1) is 0 Å². The molecule has 2 saturated heterocycles. The number of aliphatic hydroxyl groups excluding tert-OH is 1. The third kappa shape index (κ3) is 5.22. The van der Waals surface area contributed by atoms with Crippen LogP contribution in [0.2, 0.25) is 0 Å². The smallest absolute Gasteiger partial charge is 0.297 e. The molecule has 2 aromatic rings. The molecule has 0 bridgehead atoms. The fraction of sp³-hybridized carbons (Fsp3) is 0.520. The fourth-order valence-corrected chi connectivity index (χ4v) is 6.52. The van der Waals surface area contributed by atoms with Gasteiger partial charge in [0.15, 0.2) is 0 Å². The minimum absolute atomic E-state index is 0.00496. The number of rotatable bonds is 8. The first kappa shape index (κ1) is 27.5. The quantitative estimate of drug-likeness (QED) is 0.502. The van der Waals surface area contributed by atoms with E-state index in [2.05, 4.69) is 0 Å². The van der Waals surface area contributed by atoms with Crippen LogP contribution in [0.15, 0.2) is 64.4 Å². The Hall–Kier alpha value is -1.54. The Balaban J connectivity index is 1.75. The molecule has 36 heavy (non-hydrogen) atoms. The van der Waals surface area contributed by atoms with Crippen LogP contribution >= 0.6 is 11.8 Å². The number of benzene rings is 2. The van der Waals surface area contributed by atoms with Crippen LogP contribution in [-0.4, -0.2) is 75.8 Å². The van der Waals surface area contributed by atoms with Crippen LogP contribution in [0.5, 0.6) is 0 Å². The van der Waals surface area contributed by atoms with Crippen LogP contribution < -0.4 is 0 Å². The Kier molecular flexibility index (Phi) is 8.15. The molecule has 0 aromatic heterocycles. The first-order chi connectivity index (χ1) is 17.1. The van der Waals surface area contributed by atoms with Crippen molar-refractivity contribution < 1.29 is 41.4 Å². The summed E-state index contributed by atoms with van der Waals surface area (Å²) in [5.41, 5.74) is 0.0552. The van der Waals surface area contributed by atoms with E-state index >= 15 is 0 Å². The third-order valence-corrected chi connectivity index (χ3v) is 9.12. The lowest BCUT2D eigenvalue weighted by atomic mass is 9.95. The lowest BCUT2D eigenvalue weighted by molar-refractivity contribution is -0.468. The molecule has 2 aliphatic rings. The lowest BCUT2D eigenvalue weighted by Gasteiger charge is -2.56. The van der Waals surface area contributed by atoms with Gasteiger partial charge in [-0.2, -0.15) is 8.42 Å². The minimum Gasteiger partial charge on any atom is -0.394 e. The summed E-state index contributed by atoms with van der Waals surface area (Å²) in [5.74, 6) is -2.79. The normalized spacial score (nSPS) is 34.8. The zero-order chi connectivity index (χ0) is 26.1. The van der Waals surface area contributed by atoms with Crippen LogP contribution in [0.1, 0.15) is 19.4 Å². The first-order valence-corrected chi connectivity index (χ1v) is 13.8. The molecule has 2 fully saturated rings. The highest BCUT2D eigenvalue weighted by Gasteiger charge is 2.63. The number of aliphatic hydroxyl groups is 1. The zero-order valence-electron chi connectivity index (χ0n) is 20.8. The van der Waals surface area contributed by atoms with Gasteiger partial charge in [0.25, 0.3) is 10.1 Å². The number of hydrogen-bond donors (Lipinski definition) is 1. The van der Waals surface area contributed by atoms with Crippen LogP contribution in [0, 0.1) is 6.92 Å². The van der Waals surface area contributed by atoms with Crippen LogP contribution in [0.4, 0.5) is 0 Å². The molecule has 0 aliphatic carbocycles. The highest BCUT2D eigenvalue weighted by atomic mass is 32.2. The number of thioether (sulfide) groups is 1. The molecule has 2 unspecified atom stereocenters. The molecule has 2 heterocycles. The summed E-state index contributed by atoms with van der Waals surface area (Å²) in [4.78, 5) is 0.831. The maximum Gasteiger partial charge on any atom is 0.297 e. The molecular formula is C25H32O9S2. The highest BCUT2D eigenvalue weighted by molar-refractivity contribution is 7.99. The van der Waals surface area contributed by atoms with E-state index in [-0.39, 0.29) is 4.90 Å². The summed E-state index contributed by atoms with van der Waals surface area (Å²) in [7, 11) is -1.33. The lowest BCUT2D eigenvalue weighted by Crippen LogP contribution is -2.73. The van der Waals surface area contributed by atoms with Gasteiger partial charge in [0.05, 0.1) is 11.5 Å². The van der Waals surface area contributed by atoms with Gasteiger partial charge in [0.2, 0.25) is 11.6 Å². The molecule has 2 aliphatic heterocycles. The van der Waals surface area contributed by atoms with Crippen molar-refractivity contribution in [1.82, 2.24) is 0 Å². The Morgan fingerprint density at radius 2 is 1.53 bits per heavy atom. The van der Waals surface area contributed by atoms with E-state index in [1.807, 2.05) is 37.3 Å². The van der Waals surface area contributed by atoms with E-state index in [0.29, 0.717) is 0 Å². The molecule has 198 valence electrons. The van der Waals surface area contributed by atoms with E-state index < -0.39 is 58.2 Å². The van der Waals surface area contributed by atoms with Gasteiger partial charge >= 0.3 is 0 Å². The van der Waals surface area contributed by atoms with Gasteiger partial charge in [-0.3, -0.25) is 4.18 Å². The molecule has 0 spiro atoms. The Bertz CT molecular complexity index is 1130. The van der Waals surface area contributed by atoms with Gasteiger partial charge in [-0.05, 0) is 45.0 Å². The monoisotopic (exact) mass is 540 g/mol. The highest BCUT2D eigenvalue weighted by Crippen LogP contribution is 2.47. The zero-order valence-corrected chi connectivity index (χ0v) is 22.5. The number of aryl methyl sites for hydroxylation is 1. The van der Waals surface area contributed by atoms with Crippen molar-refractivity contribution in [2.45, 2.75) is 72.0 Å². The topological polar surface area (TPSA) is 110 Å². The molecule has 2 aromatic carbocycles. The summed E-state index contributed by atoms with van der Waals surface area (Å²) in [6.07, 6.45) is -3.88. The summed E-state index contributed by atoms with van der Waals surface area (Å²) >= 11 is 1.27. The predicted octanol–water partition coefficient (Wildman–Crippen LogP) is 3.09.